The second kappa shape index (κ2) is 6.70. The summed E-state index contributed by atoms with van der Waals surface area (Å²) in [4.78, 5) is 6.15. The van der Waals surface area contributed by atoms with Gasteiger partial charge in [-0.15, -0.1) is 11.8 Å². The van der Waals surface area contributed by atoms with Crippen LogP contribution in [-0.4, -0.2) is 31.2 Å². The van der Waals surface area contributed by atoms with Crippen molar-refractivity contribution < 1.29 is 13.0 Å². The summed E-state index contributed by atoms with van der Waals surface area (Å²) in [5, 5.41) is 0. The average molecular weight is 361 g/mol. The summed E-state index contributed by atoms with van der Waals surface area (Å²) in [5.74, 6) is 1.62. The standard InChI is InChI=1S/C17H15NS.CH4O3S/c1-2-5-13(6-3-1)14-7-4-8-15-17(14)10-12-19-16(17)9-11-18-15;1-5(2,3)4/h1-9,11,14H,10,12H2;1H3,(H,2,3,4). The quantitative estimate of drug-likeness (QED) is 0.772. The molecule has 1 fully saturated rings. The van der Waals surface area contributed by atoms with Crippen LogP contribution in [0.25, 0.3) is 0 Å². The third-order valence-corrected chi connectivity index (χ3v) is 5.56. The highest BCUT2D eigenvalue weighted by atomic mass is 32.2. The largest absolute Gasteiger partial charge is 0.286 e. The van der Waals surface area contributed by atoms with Gasteiger partial charge < -0.3 is 0 Å². The van der Waals surface area contributed by atoms with Gasteiger partial charge in [-0.05, 0) is 34.8 Å². The Bertz CT molecular complexity index is 830. The van der Waals surface area contributed by atoms with Crippen molar-refractivity contribution in [3.05, 3.63) is 70.8 Å². The monoisotopic (exact) mass is 361 g/mol. The van der Waals surface area contributed by atoms with E-state index in [1.54, 1.807) is 0 Å². The number of aliphatic imine (C=N–C) groups is 1. The minimum Gasteiger partial charge on any atom is -0.286 e. The number of rotatable bonds is 1. The van der Waals surface area contributed by atoms with Gasteiger partial charge >= 0.3 is 0 Å². The fourth-order valence-electron chi connectivity index (χ4n) is 3.46. The summed E-state index contributed by atoms with van der Waals surface area (Å²) in [6, 6.07) is 10.8. The molecule has 1 aliphatic carbocycles. The molecule has 3 aliphatic rings. The van der Waals surface area contributed by atoms with Crippen LogP contribution in [0.5, 0.6) is 0 Å². The van der Waals surface area contributed by atoms with Crippen molar-refractivity contribution in [3.8, 4) is 0 Å². The molecule has 2 unspecified atom stereocenters. The summed E-state index contributed by atoms with van der Waals surface area (Å²) in [6.07, 6.45) is 12.8. The topological polar surface area (TPSA) is 66.7 Å². The number of hydrogen-bond donors (Lipinski definition) is 1. The minimum absolute atomic E-state index is 0.107. The Morgan fingerprint density at radius 2 is 1.96 bits per heavy atom. The van der Waals surface area contributed by atoms with E-state index in [9.17, 15) is 8.42 Å². The first-order valence-corrected chi connectivity index (χ1v) is 10.5. The van der Waals surface area contributed by atoms with Gasteiger partial charge in [0, 0.05) is 12.1 Å². The molecule has 1 aromatic carbocycles. The molecule has 0 aromatic heterocycles. The zero-order valence-corrected chi connectivity index (χ0v) is 14.9. The molecule has 1 spiro atoms. The fourth-order valence-corrected chi connectivity index (χ4v) is 4.86. The van der Waals surface area contributed by atoms with Gasteiger partial charge in [0.2, 0.25) is 0 Å². The molecule has 1 N–H and O–H groups in total. The number of dihydropyridines is 1. The predicted octanol–water partition coefficient (Wildman–Crippen LogP) is 3.82. The second-order valence-corrected chi connectivity index (χ2v) is 8.54. The van der Waals surface area contributed by atoms with E-state index in [1.807, 2.05) is 18.0 Å². The van der Waals surface area contributed by atoms with Crippen molar-refractivity contribution in [3.63, 3.8) is 0 Å². The third kappa shape index (κ3) is 3.41. The Hall–Kier alpha value is -1.63. The van der Waals surface area contributed by atoms with Gasteiger partial charge in [0.1, 0.15) is 0 Å². The highest BCUT2D eigenvalue weighted by molar-refractivity contribution is 8.03. The lowest BCUT2D eigenvalue weighted by Crippen LogP contribution is -2.31. The Morgan fingerprint density at radius 1 is 1.25 bits per heavy atom. The SMILES string of the molecule is C1=CC(c2ccccc2)C23CCSC2=CC=NC3=C1.CS(=O)(=O)O. The molecule has 4 rings (SSSR count). The molecule has 1 saturated heterocycles. The third-order valence-electron chi connectivity index (χ3n) is 4.34. The number of thioether (sulfide) groups is 1. The Balaban J connectivity index is 0.000000300. The summed E-state index contributed by atoms with van der Waals surface area (Å²) in [5.41, 5.74) is 2.75. The first kappa shape index (κ1) is 17.2. The first-order valence-electron chi connectivity index (χ1n) is 7.65. The van der Waals surface area contributed by atoms with E-state index < -0.39 is 10.1 Å². The van der Waals surface area contributed by atoms with E-state index in [0.717, 1.165) is 0 Å². The van der Waals surface area contributed by atoms with Crippen LogP contribution in [0.1, 0.15) is 17.9 Å². The van der Waals surface area contributed by atoms with Crippen molar-refractivity contribution in [2.75, 3.05) is 12.0 Å². The van der Waals surface area contributed by atoms with Gasteiger partial charge in [-0.3, -0.25) is 9.55 Å². The summed E-state index contributed by atoms with van der Waals surface area (Å²) in [6.45, 7) is 0. The van der Waals surface area contributed by atoms with Gasteiger partial charge in [0.15, 0.2) is 0 Å². The van der Waals surface area contributed by atoms with E-state index in [1.165, 1.54) is 28.3 Å². The molecule has 0 radical (unpaired) electrons. The van der Waals surface area contributed by atoms with Crippen LogP contribution in [-0.2, 0) is 10.1 Å². The van der Waals surface area contributed by atoms with Crippen LogP contribution >= 0.6 is 11.8 Å². The minimum atomic E-state index is -3.67. The molecule has 1 aromatic rings. The van der Waals surface area contributed by atoms with Crippen LogP contribution in [0, 0.1) is 5.41 Å². The Kier molecular flexibility index (Phi) is 4.80. The maximum absolute atomic E-state index is 9.19. The molecule has 0 bridgehead atoms. The van der Waals surface area contributed by atoms with Crippen LogP contribution in [0.3, 0.4) is 0 Å². The molecule has 0 amide bonds. The van der Waals surface area contributed by atoms with Crippen molar-refractivity contribution in [1.82, 2.24) is 0 Å². The van der Waals surface area contributed by atoms with Crippen LogP contribution in [0.15, 0.2) is 70.2 Å². The Labute approximate surface area is 146 Å². The van der Waals surface area contributed by atoms with E-state index >= 15 is 0 Å². The molecule has 24 heavy (non-hydrogen) atoms. The van der Waals surface area contributed by atoms with Crippen LogP contribution < -0.4 is 0 Å². The maximum Gasteiger partial charge on any atom is 0.261 e. The van der Waals surface area contributed by atoms with Crippen molar-refractivity contribution in [2.45, 2.75) is 12.3 Å². The lowest BCUT2D eigenvalue weighted by atomic mass is 9.65. The van der Waals surface area contributed by atoms with Gasteiger partial charge in [-0.1, -0.05) is 42.5 Å². The predicted molar refractivity (Wildman–Crippen MR) is 100.0 cm³/mol. The van der Waals surface area contributed by atoms with Gasteiger partial charge in [-0.25, -0.2) is 0 Å². The van der Waals surface area contributed by atoms with E-state index in [0.29, 0.717) is 12.2 Å². The fraction of sp³-hybridized carbons (Fsp3) is 0.278. The van der Waals surface area contributed by atoms with Gasteiger partial charge in [0.25, 0.3) is 10.1 Å². The van der Waals surface area contributed by atoms with Crippen molar-refractivity contribution in [2.24, 2.45) is 10.4 Å². The average Bonchev–Trinajstić information content (AvgIpc) is 2.96. The van der Waals surface area contributed by atoms with Crippen molar-refractivity contribution >= 4 is 28.1 Å². The number of nitrogens with zero attached hydrogens (tertiary/aromatic N) is 1. The molecule has 2 aliphatic heterocycles. The lowest BCUT2D eigenvalue weighted by Gasteiger charge is -2.40. The number of hydrogen-bond acceptors (Lipinski definition) is 4. The summed E-state index contributed by atoms with van der Waals surface area (Å²) in [7, 11) is -3.67. The normalized spacial score (nSPS) is 27.3. The highest BCUT2D eigenvalue weighted by Crippen LogP contribution is 2.61. The molecular weight excluding hydrogens is 342 g/mol. The van der Waals surface area contributed by atoms with Gasteiger partial charge in [0.05, 0.1) is 17.4 Å². The summed E-state index contributed by atoms with van der Waals surface area (Å²) >= 11 is 2.00. The molecular formula is C18H19NO3S2. The lowest BCUT2D eigenvalue weighted by molar-refractivity contribution is 0.392. The molecule has 126 valence electrons. The summed E-state index contributed by atoms with van der Waals surface area (Å²) < 4.78 is 25.9. The second-order valence-electron chi connectivity index (χ2n) is 5.94. The number of allylic oxidation sites excluding steroid dienone is 5. The van der Waals surface area contributed by atoms with E-state index in [-0.39, 0.29) is 5.41 Å². The Morgan fingerprint density at radius 3 is 2.67 bits per heavy atom. The molecule has 2 heterocycles. The first-order chi connectivity index (χ1) is 11.4. The molecule has 6 heteroatoms. The number of benzene rings is 1. The smallest absolute Gasteiger partial charge is 0.261 e. The van der Waals surface area contributed by atoms with Crippen LogP contribution in [0.4, 0.5) is 0 Å². The molecule has 4 nitrogen and oxygen atoms in total. The molecule has 2 atom stereocenters. The van der Waals surface area contributed by atoms with E-state index in [4.69, 9.17) is 4.55 Å². The van der Waals surface area contributed by atoms with E-state index in [2.05, 4.69) is 59.6 Å². The van der Waals surface area contributed by atoms with Crippen molar-refractivity contribution in [1.29, 1.82) is 0 Å². The zero-order valence-electron chi connectivity index (χ0n) is 13.3. The maximum atomic E-state index is 9.19. The van der Waals surface area contributed by atoms with Crippen LogP contribution in [0.2, 0.25) is 0 Å². The highest BCUT2D eigenvalue weighted by Gasteiger charge is 2.49. The van der Waals surface area contributed by atoms with Gasteiger partial charge in [-0.2, -0.15) is 8.42 Å². The zero-order chi connectivity index (χ0) is 17.2. The molecule has 0 saturated carbocycles.